The zero-order chi connectivity index (χ0) is 21.7. The van der Waals surface area contributed by atoms with Crippen molar-refractivity contribution in [3.8, 4) is 22.3 Å². The molecule has 0 saturated carbocycles. The topological polar surface area (TPSA) is 55.1 Å². The smallest absolute Gasteiger partial charge is 0.372 e. The molecule has 0 saturated heterocycles. The molecule has 1 aliphatic carbocycles. The summed E-state index contributed by atoms with van der Waals surface area (Å²) in [7, 11) is 0. The van der Waals surface area contributed by atoms with E-state index >= 15 is 0 Å². The van der Waals surface area contributed by atoms with Gasteiger partial charge in [-0.15, -0.1) is 0 Å². The average Bonchev–Trinajstić information content (AvgIpc) is 3.23. The Labute approximate surface area is 172 Å². The summed E-state index contributed by atoms with van der Waals surface area (Å²) in [6.45, 7) is 4.02. The molecule has 0 fully saturated rings. The van der Waals surface area contributed by atoms with Gasteiger partial charge in [0.15, 0.2) is 5.78 Å². The standard InChI is InChI=1S/C23H21F3N2O2/c1-14(2)10-16(29)13-28-12-15(11-27-28)17-7-5-9-20-21(17)18-6-3-4-8-19(18)22(20,30)23(24,25)26/h3-9,11-12,14,30H,10,13H2,1-2H3. The number of rotatable bonds is 5. The summed E-state index contributed by atoms with van der Waals surface area (Å²) in [5.41, 5.74) is -1.66. The molecule has 1 atom stereocenters. The third kappa shape index (κ3) is 3.13. The fraction of sp³-hybridized carbons (Fsp3) is 0.304. The van der Waals surface area contributed by atoms with Crippen molar-refractivity contribution < 1.29 is 23.1 Å². The van der Waals surface area contributed by atoms with Gasteiger partial charge in [0.25, 0.3) is 0 Å². The van der Waals surface area contributed by atoms with E-state index in [0.717, 1.165) is 0 Å². The minimum absolute atomic E-state index is 0.0368. The van der Waals surface area contributed by atoms with Gasteiger partial charge in [-0.1, -0.05) is 56.3 Å². The Kier molecular flexibility index (Phi) is 4.81. The maximum atomic E-state index is 14.0. The zero-order valence-electron chi connectivity index (χ0n) is 16.6. The fourth-order valence-electron chi connectivity index (χ4n) is 4.14. The molecule has 7 heteroatoms. The lowest BCUT2D eigenvalue weighted by Gasteiger charge is -2.28. The van der Waals surface area contributed by atoms with Crippen LogP contribution >= 0.6 is 0 Å². The number of hydrogen-bond acceptors (Lipinski definition) is 3. The molecule has 0 radical (unpaired) electrons. The van der Waals surface area contributed by atoms with Crippen LogP contribution in [0.4, 0.5) is 13.2 Å². The van der Waals surface area contributed by atoms with Crippen molar-refractivity contribution in [1.29, 1.82) is 0 Å². The van der Waals surface area contributed by atoms with Crippen LogP contribution in [0.1, 0.15) is 31.4 Å². The molecule has 156 valence electrons. The SMILES string of the molecule is CC(C)CC(=O)Cn1cc(-c2cccc3c2-c2ccccc2C3(O)C(F)(F)F)cn1. The van der Waals surface area contributed by atoms with Gasteiger partial charge in [-0.05, 0) is 22.6 Å². The average molecular weight is 414 g/mol. The lowest BCUT2D eigenvalue weighted by atomic mass is 9.89. The highest BCUT2D eigenvalue weighted by atomic mass is 19.4. The largest absolute Gasteiger partial charge is 0.425 e. The molecule has 1 N–H and O–H groups in total. The molecule has 0 aliphatic heterocycles. The molecule has 4 rings (SSSR count). The number of aromatic nitrogens is 2. The Bertz CT molecular complexity index is 1120. The summed E-state index contributed by atoms with van der Waals surface area (Å²) in [5.74, 6) is 0.274. The molecule has 0 amide bonds. The lowest BCUT2D eigenvalue weighted by Crippen LogP contribution is -2.41. The van der Waals surface area contributed by atoms with Gasteiger partial charge in [0, 0.05) is 29.3 Å². The van der Waals surface area contributed by atoms with E-state index in [1.165, 1.54) is 35.1 Å². The van der Waals surface area contributed by atoms with Gasteiger partial charge in [-0.2, -0.15) is 18.3 Å². The normalized spacial score (nSPS) is 17.8. The number of benzene rings is 2. The van der Waals surface area contributed by atoms with Crippen LogP contribution in [-0.4, -0.2) is 26.8 Å². The second-order valence-corrected chi connectivity index (χ2v) is 8.05. The molecule has 1 unspecified atom stereocenters. The first-order chi connectivity index (χ1) is 14.1. The van der Waals surface area contributed by atoms with Crippen LogP contribution in [0.3, 0.4) is 0 Å². The van der Waals surface area contributed by atoms with Gasteiger partial charge in [-0.25, -0.2) is 0 Å². The zero-order valence-corrected chi connectivity index (χ0v) is 16.6. The summed E-state index contributed by atoms with van der Waals surface area (Å²) >= 11 is 0. The first-order valence-corrected chi connectivity index (χ1v) is 9.70. The van der Waals surface area contributed by atoms with E-state index < -0.39 is 11.8 Å². The Morgan fingerprint density at radius 2 is 1.77 bits per heavy atom. The third-order valence-electron chi connectivity index (χ3n) is 5.37. The number of halogens is 3. The number of Topliss-reactive ketones (excluding diaryl/α,β-unsaturated/α-hetero) is 1. The van der Waals surface area contributed by atoms with Gasteiger partial charge >= 0.3 is 6.18 Å². The number of alkyl halides is 3. The van der Waals surface area contributed by atoms with Crippen molar-refractivity contribution in [3.63, 3.8) is 0 Å². The Balaban J connectivity index is 1.81. The van der Waals surface area contributed by atoms with Crippen molar-refractivity contribution >= 4 is 5.78 Å². The van der Waals surface area contributed by atoms with E-state index in [1.807, 2.05) is 13.8 Å². The molecular formula is C23H21F3N2O2. The maximum Gasteiger partial charge on any atom is 0.425 e. The number of fused-ring (bicyclic) bond motifs is 3. The van der Waals surface area contributed by atoms with Crippen molar-refractivity contribution in [1.82, 2.24) is 9.78 Å². The van der Waals surface area contributed by atoms with Crippen LogP contribution in [0.15, 0.2) is 54.9 Å². The Morgan fingerprint density at radius 1 is 1.10 bits per heavy atom. The van der Waals surface area contributed by atoms with Crippen molar-refractivity contribution in [3.05, 3.63) is 66.0 Å². The molecule has 0 bridgehead atoms. The molecule has 3 aromatic rings. The van der Waals surface area contributed by atoms with Gasteiger partial charge in [0.2, 0.25) is 5.60 Å². The molecule has 1 aliphatic rings. The summed E-state index contributed by atoms with van der Waals surface area (Å²) in [6, 6.07) is 10.5. The molecule has 30 heavy (non-hydrogen) atoms. The van der Waals surface area contributed by atoms with Crippen LogP contribution in [0.2, 0.25) is 0 Å². The molecule has 1 aromatic heterocycles. The predicted molar refractivity (Wildman–Crippen MR) is 107 cm³/mol. The number of aliphatic hydroxyl groups is 1. The van der Waals surface area contributed by atoms with Crippen LogP contribution in [0.25, 0.3) is 22.3 Å². The number of carbonyl (C=O) groups is 1. The summed E-state index contributed by atoms with van der Waals surface area (Å²) in [5, 5.41) is 15.0. The van der Waals surface area contributed by atoms with E-state index in [1.54, 1.807) is 24.4 Å². The molecular weight excluding hydrogens is 393 g/mol. The van der Waals surface area contributed by atoms with E-state index in [0.29, 0.717) is 28.7 Å². The van der Waals surface area contributed by atoms with E-state index in [9.17, 15) is 23.1 Å². The maximum absolute atomic E-state index is 14.0. The van der Waals surface area contributed by atoms with Gasteiger partial charge in [0.05, 0.1) is 12.7 Å². The Morgan fingerprint density at radius 3 is 2.47 bits per heavy atom. The first-order valence-electron chi connectivity index (χ1n) is 9.70. The number of carbonyl (C=O) groups excluding carboxylic acids is 1. The Hall–Kier alpha value is -2.93. The molecule has 1 heterocycles. The predicted octanol–water partition coefficient (Wildman–Crippen LogP) is 4.94. The summed E-state index contributed by atoms with van der Waals surface area (Å²) in [4.78, 5) is 12.1. The summed E-state index contributed by atoms with van der Waals surface area (Å²) in [6.07, 6.45) is -1.25. The van der Waals surface area contributed by atoms with Crippen LogP contribution in [0.5, 0.6) is 0 Å². The van der Waals surface area contributed by atoms with Crippen LogP contribution in [0, 0.1) is 5.92 Å². The van der Waals surface area contributed by atoms with E-state index in [2.05, 4.69) is 5.10 Å². The van der Waals surface area contributed by atoms with Crippen molar-refractivity contribution in [2.24, 2.45) is 5.92 Å². The highest BCUT2D eigenvalue weighted by molar-refractivity contribution is 5.92. The third-order valence-corrected chi connectivity index (χ3v) is 5.37. The number of nitrogens with zero attached hydrogens (tertiary/aromatic N) is 2. The number of ketones is 1. The minimum Gasteiger partial charge on any atom is -0.372 e. The highest BCUT2D eigenvalue weighted by Gasteiger charge is 2.61. The van der Waals surface area contributed by atoms with Gasteiger partial charge < -0.3 is 5.11 Å². The second-order valence-electron chi connectivity index (χ2n) is 8.05. The minimum atomic E-state index is -4.87. The van der Waals surface area contributed by atoms with E-state index in [-0.39, 0.29) is 29.4 Å². The second kappa shape index (κ2) is 7.09. The van der Waals surface area contributed by atoms with Crippen LogP contribution < -0.4 is 0 Å². The quantitative estimate of drug-likeness (QED) is 0.643. The first kappa shape index (κ1) is 20.3. The van der Waals surface area contributed by atoms with Crippen molar-refractivity contribution in [2.75, 3.05) is 0 Å². The summed E-state index contributed by atoms with van der Waals surface area (Å²) < 4.78 is 43.4. The number of hydrogen-bond donors (Lipinski definition) is 1. The highest BCUT2D eigenvalue weighted by Crippen LogP contribution is 2.56. The molecule has 2 aromatic carbocycles. The molecule has 0 spiro atoms. The monoisotopic (exact) mass is 414 g/mol. The van der Waals surface area contributed by atoms with Gasteiger partial charge in [0.1, 0.15) is 0 Å². The fourth-order valence-corrected chi connectivity index (χ4v) is 4.14. The van der Waals surface area contributed by atoms with E-state index in [4.69, 9.17) is 0 Å². The van der Waals surface area contributed by atoms with Crippen molar-refractivity contribution in [2.45, 2.75) is 38.6 Å². The van der Waals surface area contributed by atoms with Gasteiger partial charge in [-0.3, -0.25) is 9.48 Å². The lowest BCUT2D eigenvalue weighted by molar-refractivity contribution is -0.246. The molecule has 4 nitrogen and oxygen atoms in total. The van der Waals surface area contributed by atoms with Crippen LogP contribution in [-0.2, 0) is 16.9 Å².